The van der Waals surface area contributed by atoms with Crippen LogP contribution in [0.1, 0.15) is 46.2 Å². The number of benzene rings is 2. The highest BCUT2D eigenvalue weighted by Gasteiger charge is 2.32. The quantitative estimate of drug-likeness (QED) is 0.496. The van der Waals surface area contributed by atoms with Crippen LogP contribution in [0.15, 0.2) is 60.9 Å². The maximum Gasteiger partial charge on any atom is 0.254 e. The van der Waals surface area contributed by atoms with Crippen molar-refractivity contribution in [2.24, 2.45) is 0 Å². The van der Waals surface area contributed by atoms with Gasteiger partial charge in [-0.15, -0.1) is 0 Å². The Kier molecular flexibility index (Phi) is 7.07. The Balaban J connectivity index is 1.47. The molecule has 3 aromatic rings. The number of hydrogen-bond donors (Lipinski definition) is 0. The molecular weight excluding hydrogens is 409 g/mol. The van der Waals surface area contributed by atoms with Gasteiger partial charge < -0.3 is 14.4 Å². The molecule has 0 bridgehead atoms. The van der Waals surface area contributed by atoms with Crippen LogP contribution in [0, 0.1) is 5.82 Å². The number of ether oxygens (including phenoxy) is 2. The summed E-state index contributed by atoms with van der Waals surface area (Å²) in [5.41, 5.74) is 2.97. The van der Waals surface area contributed by atoms with Gasteiger partial charge in [-0.25, -0.2) is 4.39 Å². The van der Waals surface area contributed by atoms with Gasteiger partial charge in [0.1, 0.15) is 18.2 Å². The number of carbonyl (C=O) groups is 1. The summed E-state index contributed by atoms with van der Waals surface area (Å²) >= 11 is 0. The summed E-state index contributed by atoms with van der Waals surface area (Å²) in [5, 5.41) is 0. The van der Waals surface area contributed by atoms with E-state index in [2.05, 4.69) is 4.98 Å². The van der Waals surface area contributed by atoms with Gasteiger partial charge in [0, 0.05) is 31.8 Å². The van der Waals surface area contributed by atoms with E-state index in [0.717, 1.165) is 29.8 Å². The third-order valence-corrected chi connectivity index (χ3v) is 5.49. The first-order valence-electron chi connectivity index (χ1n) is 10.7. The van der Waals surface area contributed by atoms with E-state index in [1.165, 1.54) is 12.1 Å². The van der Waals surface area contributed by atoms with Crippen molar-refractivity contribution >= 4 is 5.91 Å². The van der Waals surface area contributed by atoms with Gasteiger partial charge in [0.25, 0.3) is 5.91 Å². The lowest BCUT2D eigenvalue weighted by atomic mass is 10.1. The number of amides is 1. The van der Waals surface area contributed by atoms with Gasteiger partial charge >= 0.3 is 0 Å². The molecule has 0 radical (unpaired) electrons. The third-order valence-electron chi connectivity index (χ3n) is 5.49. The number of likely N-dealkylation sites (tertiary alicyclic amines) is 1. The fourth-order valence-corrected chi connectivity index (χ4v) is 3.94. The average Bonchev–Trinajstić information content (AvgIpc) is 3.30. The van der Waals surface area contributed by atoms with Crippen molar-refractivity contribution < 1.29 is 18.7 Å². The van der Waals surface area contributed by atoms with E-state index in [0.29, 0.717) is 37.5 Å². The molecule has 1 fully saturated rings. The highest BCUT2D eigenvalue weighted by atomic mass is 19.1. The maximum absolute atomic E-state index is 13.5. The van der Waals surface area contributed by atoms with Gasteiger partial charge in [-0.05, 0) is 54.8 Å². The van der Waals surface area contributed by atoms with E-state index in [9.17, 15) is 9.18 Å². The van der Waals surface area contributed by atoms with Crippen LogP contribution in [-0.4, -0.2) is 47.6 Å². The molecule has 6 nitrogen and oxygen atoms in total. The minimum atomic E-state index is -0.269. The number of halogens is 1. The first-order chi connectivity index (χ1) is 15.6. The van der Waals surface area contributed by atoms with E-state index in [-0.39, 0.29) is 17.8 Å². The normalized spacial score (nSPS) is 15.7. The highest BCUT2D eigenvalue weighted by Crippen LogP contribution is 2.32. The molecule has 1 amide bonds. The molecule has 0 spiro atoms. The molecule has 0 N–H and O–H groups in total. The second-order valence-corrected chi connectivity index (χ2v) is 7.76. The smallest absolute Gasteiger partial charge is 0.254 e. The minimum Gasteiger partial charge on any atom is -0.491 e. The van der Waals surface area contributed by atoms with Crippen molar-refractivity contribution in [1.29, 1.82) is 0 Å². The van der Waals surface area contributed by atoms with Gasteiger partial charge in [-0.2, -0.15) is 0 Å². The highest BCUT2D eigenvalue weighted by molar-refractivity contribution is 5.94. The monoisotopic (exact) mass is 435 g/mol. The minimum absolute atomic E-state index is 0.0340. The summed E-state index contributed by atoms with van der Waals surface area (Å²) in [6.07, 6.45) is 5.65. The zero-order valence-corrected chi connectivity index (χ0v) is 18.0. The zero-order valence-electron chi connectivity index (χ0n) is 18.0. The fourth-order valence-electron chi connectivity index (χ4n) is 3.94. The van der Waals surface area contributed by atoms with E-state index in [4.69, 9.17) is 14.5 Å². The van der Waals surface area contributed by atoms with Crippen LogP contribution in [0.3, 0.4) is 0 Å². The molecule has 0 unspecified atom stereocenters. The lowest BCUT2D eigenvalue weighted by molar-refractivity contribution is 0.0732. The molecule has 166 valence electrons. The van der Waals surface area contributed by atoms with Crippen LogP contribution < -0.4 is 4.74 Å². The van der Waals surface area contributed by atoms with Crippen molar-refractivity contribution in [3.8, 4) is 5.75 Å². The molecule has 2 heterocycles. The molecule has 0 saturated carbocycles. The molecule has 1 saturated heterocycles. The Hall–Kier alpha value is -3.32. The Morgan fingerprint density at radius 2 is 2.00 bits per heavy atom. The second kappa shape index (κ2) is 10.3. The van der Waals surface area contributed by atoms with Gasteiger partial charge in [0.2, 0.25) is 0 Å². The topological polar surface area (TPSA) is 64.6 Å². The van der Waals surface area contributed by atoms with Gasteiger partial charge in [-0.1, -0.05) is 12.1 Å². The van der Waals surface area contributed by atoms with E-state index in [1.54, 1.807) is 49.8 Å². The molecule has 1 aliphatic heterocycles. The summed E-state index contributed by atoms with van der Waals surface area (Å²) in [5.74, 6) is 0.398. The van der Waals surface area contributed by atoms with Gasteiger partial charge in [-0.3, -0.25) is 14.8 Å². The van der Waals surface area contributed by atoms with E-state index in [1.807, 2.05) is 11.0 Å². The van der Waals surface area contributed by atoms with Crippen molar-refractivity contribution in [2.45, 2.75) is 25.3 Å². The molecule has 1 aromatic heterocycles. The van der Waals surface area contributed by atoms with E-state index >= 15 is 0 Å². The first-order valence-corrected chi connectivity index (χ1v) is 10.7. The molecule has 7 heteroatoms. The van der Waals surface area contributed by atoms with Crippen molar-refractivity contribution in [3.05, 3.63) is 89.3 Å². The average molecular weight is 435 g/mol. The summed E-state index contributed by atoms with van der Waals surface area (Å²) in [7, 11) is 1.62. The molecule has 1 atom stereocenters. The van der Waals surface area contributed by atoms with Crippen molar-refractivity contribution in [1.82, 2.24) is 14.9 Å². The summed E-state index contributed by atoms with van der Waals surface area (Å²) in [6, 6.07) is 13.5. The lowest BCUT2D eigenvalue weighted by Crippen LogP contribution is -2.31. The third kappa shape index (κ3) is 5.29. The number of hydrogen-bond acceptors (Lipinski definition) is 5. The molecule has 2 aromatic carbocycles. The van der Waals surface area contributed by atoms with Crippen molar-refractivity contribution in [2.75, 3.05) is 26.9 Å². The molecule has 32 heavy (non-hydrogen) atoms. The SMILES string of the molecule is COCCOc1ccc(C(=O)N2CCC[C@H]2c2cncc(Cc3cccc(F)c3)n2)cc1. The molecule has 0 aliphatic carbocycles. The number of carbonyl (C=O) groups excluding carboxylic acids is 1. The Bertz CT molecular complexity index is 1060. The van der Waals surface area contributed by atoms with Gasteiger partial charge in [0.15, 0.2) is 0 Å². The van der Waals surface area contributed by atoms with E-state index < -0.39 is 0 Å². The second-order valence-electron chi connectivity index (χ2n) is 7.76. The molecular formula is C25H26FN3O3. The largest absolute Gasteiger partial charge is 0.491 e. The summed E-state index contributed by atoms with van der Waals surface area (Å²) in [6.45, 7) is 1.64. The Labute approximate surface area is 187 Å². The van der Waals surface area contributed by atoms with Gasteiger partial charge in [0.05, 0.1) is 30.2 Å². The van der Waals surface area contributed by atoms with Crippen LogP contribution in [0.5, 0.6) is 5.75 Å². The molecule has 1 aliphatic rings. The lowest BCUT2D eigenvalue weighted by Gasteiger charge is -2.24. The number of methoxy groups -OCH3 is 1. The Morgan fingerprint density at radius 3 is 2.78 bits per heavy atom. The van der Waals surface area contributed by atoms with Crippen LogP contribution >= 0.6 is 0 Å². The number of rotatable bonds is 8. The predicted molar refractivity (Wildman–Crippen MR) is 118 cm³/mol. The standard InChI is InChI=1S/C25H26FN3O3/c1-31-12-13-32-22-9-7-19(8-10-22)25(30)29-11-3-6-24(29)23-17-27-16-21(28-23)15-18-4-2-5-20(26)14-18/h2,4-5,7-10,14,16-17,24H,3,6,11-13,15H2,1H3/t24-/m0/s1. The van der Waals surface area contributed by atoms with Crippen LogP contribution in [0.2, 0.25) is 0 Å². The van der Waals surface area contributed by atoms with Crippen LogP contribution in [-0.2, 0) is 11.2 Å². The first kappa shape index (κ1) is 21.9. The van der Waals surface area contributed by atoms with Crippen molar-refractivity contribution in [3.63, 3.8) is 0 Å². The number of nitrogens with zero attached hydrogens (tertiary/aromatic N) is 3. The summed E-state index contributed by atoms with van der Waals surface area (Å²) < 4.78 is 24.1. The maximum atomic E-state index is 13.5. The van der Waals surface area contributed by atoms with Crippen LogP contribution in [0.4, 0.5) is 4.39 Å². The Morgan fingerprint density at radius 1 is 1.16 bits per heavy atom. The number of aromatic nitrogens is 2. The van der Waals surface area contributed by atoms with Crippen LogP contribution in [0.25, 0.3) is 0 Å². The molecule has 4 rings (SSSR count). The zero-order chi connectivity index (χ0) is 22.3. The predicted octanol–water partition coefficient (Wildman–Crippen LogP) is 4.21. The fraction of sp³-hybridized carbons (Fsp3) is 0.320. The summed E-state index contributed by atoms with van der Waals surface area (Å²) in [4.78, 5) is 24.1.